The molecule has 0 unspecified atom stereocenters. The number of fused-ring (bicyclic) bond motifs is 1. The number of halogens is 1. The van der Waals surface area contributed by atoms with Gasteiger partial charge in [-0.25, -0.2) is 4.79 Å². The van der Waals surface area contributed by atoms with Crippen molar-refractivity contribution in [1.29, 1.82) is 0 Å². The lowest BCUT2D eigenvalue weighted by atomic mass is 10.2. The van der Waals surface area contributed by atoms with Crippen molar-refractivity contribution < 1.29 is 13.6 Å². The van der Waals surface area contributed by atoms with Crippen LogP contribution in [0.3, 0.4) is 0 Å². The summed E-state index contributed by atoms with van der Waals surface area (Å²) >= 11 is 5.87. The molecule has 2 aromatic heterocycles. The molecular weight excluding hydrogens is 344 g/mol. The van der Waals surface area contributed by atoms with E-state index in [0.29, 0.717) is 22.1 Å². The van der Waals surface area contributed by atoms with E-state index in [1.54, 1.807) is 30.3 Å². The minimum absolute atomic E-state index is 0.0463. The van der Waals surface area contributed by atoms with Crippen LogP contribution in [-0.4, -0.2) is 16.2 Å². The fourth-order valence-corrected chi connectivity index (χ4v) is 2.48. The van der Waals surface area contributed by atoms with Crippen molar-refractivity contribution in [2.75, 3.05) is 10.6 Å². The van der Waals surface area contributed by atoms with E-state index in [2.05, 4.69) is 20.8 Å². The summed E-state index contributed by atoms with van der Waals surface area (Å²) in [6.45, 7) is 0. The second-order valence-electron chi connectivity index (χ2n) is 5.15. The van der Waals surface area contributed by atoms with Crippen LogP contribution < -0.4 is 10.6 Å². The number of nitrogens with zero attached hydrogens (tertiary/aromatic N) is 2. The third kappa shape index (κ3) is 3.31. The van der Waals surface area contributed by atoms with Gasteiger partial charge in [0.05, 0.1) is 0 Å². The summed E-state index contributed by atoms with van der Waals surface area (Å²) in [5.74, 6) is 0.603. The molecule has 0 spiro atoms. The molecule has 0 aliphatic heterocycles. The highest BCUT2D eigenvalue weighted by Gasteiger charge is 2.15. The number of hydrogen-bond acceptors (Lipinski definition) is 5. The number of rotatable bonds is 3. The molecule has 0 saturated heterocycles. The molecule has 0 aliphatic rings. The average molecular weight is 355 g/mol. The van der Waals surface area contributed by atoms with Gasteiger partial charge in [0.2, 0.25) is 0 Å². The van der Waals surface area contributed by atoms with Gasteiger partial charge in [0.1, 0.15) is 5.58 Å². The van der Waals surface area contributed by atoms with Crippen LogP contribution >= 0.6 is 11.6 Å². The van der Waals surface area contributed by atoms with Gasteiger partial charge < -0.3 is 14.2 Å². The molecular formula is C17H11ClN4O3. The van der Waals surface area contributed by atoms with E-state index in [1.807, 2.05) is 24.3 Å². The summed E-state index contributed by atoms with van der Waals surface area (Å²) in [6, 6.07) is 15.5. The third-order valence-corrected chi connectivity index (χ3v) is 3.60. The standard InChI is InChI=1S/C17H11ClN4O3/c18-11-5-3-6-12(9-11)19-16(23)20-17-22-21-15(25-17)14-8-10-4-1-2-7-13(10)24-14/h1-9H,(H2,19,20,22,23). The maximum atomic E-state index is 12.0. The number of carbonyl (C=O) groups excluding carboxylic acids is 1. The van der Waals surface area contributed by atoms with Gasteiger partial charge in [-0.05, 0) is 30.3 Å². The molecule has 2 aromatic carbocycles. The lowest BCUT2D eigenvalue weighted by Gasteiger charge is -2.04. The second-order valence-corrected chi connectivity index (χ2v) is 5.59. The van der Waals surface area contributed by atoms with Gasteiger partial charge in [-0.2, -0.15) is 0 Å². The Morgan fingerprint density at radius 2 is 1.84 bits per heavy atom. The maximum absolute atomic E-state index is 12.0. The lowest BCUT2D eigenvalue weighted by molar-refractivity contribution is 0.261. The quantitative estimate of drug-likeness (QED) is 0.552. The highest BCUT2D eigenvalue weighted by molar-refractivity contribution is 6.30. The van der Waals surface area contributed by atoms with Crippen molar-refractivity contribution in [3.05, 3.63) is 59.6 Å². The molecule has 4 rings (SSSR count). The summed E-state index contributed by atoms with van der Waals surface area (Å²) in [5, 5.41) is 14.2. The molecule has 8 heteroatoms. The molecule has 124 valence electrons. The van der Waals surface area contributed by atoms with Crippen molar-refractivity contribution in [3.63, 3.8) is 0 Å². The van der Waals surface area contributed by atoms with Crippen LogP contribution in [0.4, 0.5) is 16.5 Å². The lowest BCUT2D eigenvalue weighted by Crippen LogP contribution is -2.19. The summed E-state index contributed by atoms with van der Waals surface area (Å²) < 4.78 is 11.1. The smallest absolute Gasteiger partial charge is 0.327 e. The molecule has 0 aliphatic carbocycles. The van der Waals surface area contributed by atoms with Crippen molar-refractivity contribution in [2.24, 2.45) is 0 Å². The molecule has 0 bridgehead atoms. The first kappa shape index (κ1) is 15.2. The zero-order valence-corrected chi connectivity index (χ0v) is 13.4. The van der Waals surface area contributed by atoms with Crippen LogP contribution in [-0.2, 0) is 0 Å². The molecule has 25 heavy (non-hydrogen) atoms. The summed E-state index contributed by atoms with van der Waals surface area (Å²) in [4.78, 5) is 12.0. The summed E-state index contributed by atoms with van der Waals surface area (Å²) in [5.41, 5.74) is 1.26. The Morgan fingerprint density at radius 1 is 0.960 bits per heavy atom. The zero-order chi connectivity index (χ0) is 17.2. The minimum atomic E-state index is -0.526. The maximum Gasteiger partial charge on any atom is 0.327 e. The average Bonchev–Trinajstić information content (AvgIpc) is 3.20. The zero-order valence-electron chi connectivity index (χ0n) is 12.7. The number of nitrogens with one attached hydrogen (secondary N) is 2. The van der Waals surface area contributed by atoms with Gasteiger partial charge in [0.25, 0.3) is 5.89 Å². The fourth-order valence-electron chi connectivity index (χ4n) is 2.29. The van der Waals surface area contributed by atoms with E-state index in [1.165, 1.54) is 0 Å². The molecule has 4 aromatic rings. The van der Waals surface area contributed by atoms with Gasteiger partial charge in [-0.3, -0.25) is 5.32 Å². The van der Waals surface area contributed by atoms with Gasteiger partial charge in [-0.15, -0.1) is 5.10 Å². The van der Waals surface area contributed by atoms with Gasteiger partial charge in [-0.1, -0.05) is 41.0 Å². The van der Waals surface area contributed by atoms with Crippen LogP contribution in [0.1, 0.15) is 0 Å². The molecule has 2 heterocycles. The number of carbonyl (C=O) groups is 1. The normalized spacial score (nSPS) is 10.8. The number of urea groups is 1. The van der Waals surface area contributed by atoms with E-state index in [4.69, 9.17) is 20.4 Å². The van der Waals surface area contributed by atoms with Crippen LogP contribution in [0.25, 0.3) is 22.6 Å². The predicted molar refractivity (Wildman–Crippen MR) is 93.6 cm³/mol. The van der Waals surface area contributed by atoms with E-state index in [-0.39, 0.29) is 11.9 Å². The number of furan rings is 1. The third-order valence-electron chi connectivity index (χ3n) is 3.36. The van der Waals surface area contributed by atoms with Crippen LogP contribution in [0.5, 0.6) is 0 Å². The molecule has 0 atom stereocenters. The Balaban J connectivity index is 1.48. The van der Waals surface area contributed by atoms with Crippen LogP contribution in [0.15, 0.2) is 63.4 Å². The van der Waals surface area contributed by atoms with Crippen molar-refractivity contribution >= 4 is 40.3 Å². The fraction of sp³-hybridized carbons (Fsp3) is 0. The first-order valence-electron chi connectivity index (χ1n) is 7.33. The summed E-state index contributed by atoms with van der Waals surface area (Å²) in [7, 11) is 0. The molecule has 0 radical (unpaired) electrons. The number of aromatic nitrogens is 2. The van der Waals surface area contributed by atoms with E-state index in [9.17, 15) is 4.79 Å². The van der Waals surface area contributed by atoms with Crippen LogP contribution in [0.2, 0.25) is 5.02 Å². The Bertz CT molecular complexity index is 1020. The highest BCUT2D eigenvalue weighted by atomic mass is 35.5. The largest absolute Gasteiger partial charge is 0.451 e. The minimum Gasteiger partial charge on any atom is -0.451 e. The Morgan fingerprint density at radius 3 is 2.68 bits per heavy atom. The second kappa shape index (κ2) is 6.29. The Labute approximate surface area is 146 Å². The van der Waals surface area contributed by atoms with E-state index >= 15 is 0 Å². The van der Waals surface area contributed by atoms with Crippen molar-refractivity contribution in [1.82, 2.24) is 10.2 Å². The van der Waals surface area contributed by atoms with Gasteiger partial charge in [0, 0.05) is 16.1 Å². The molecule has 2 N–H and O–H groups in total. The van der Waals surface area contributed by atoms with E-state index < -0.39 is 6.03 Å². The van der Waals surface area contributed by atoms with E-state index in [0.717, 1.165) is 5.39 Å². The van der Waals surface area contributed by atoms with Crippen molar-refractivity contribution in [2.45, 2.75) is 0 Å². The SMILES string of the molecule is O=C(Nc1cccc(Cl)c1)Nc1nnc(-c2cc3ccccc3o2)o1. The highest BCUT2D eigenvalue weighted by Crippen LogP contribution is 2.27. The number of hydrogen-bond donors (Lipinski definition) is 2. The number of benzene rings is 2. The number of para-hydroxylation sites is 1. The molecule has 0 saturated carbocycles. The van der Waals surface area contributed by atoms with Gasteiger partial charge >= 0.3 is 12.0 Å². The Hall–Kier alpha value is -3.32. The van der Waals surface area contributed by atoms with Crippen LogP contribution in [0, 0.1) is 0 Å². The first-order chi connectivity index (χ1) is 12.2. The molecule has 0 fully saturated rings. The predicted octanol–water partition coefficient (Wildman–Crippen LogP) is 4.78. The number of amides is 2. The number of anilines is 2. The van der Waals surface area contributed by atoms with Gasteiger partial charge in [0.15, 0.2) is 5.76 Å². The first-order valence-corrected chi connectivity index (χ1v) is 7.71. The van der Waals surface area contributed by atoms with Crippen molar-refractivity contribution in [3.8, 4) is 11.7 Å². The molecule has 2 amide bonds. The Kier molecular flexibility index (Phi) is 3.83. The topological polar surface area (TPSA) is 93.2 Å². The molecule has 7 nitrogen and oxygen atoms in total. The monoisotopic (exact) mass is 354 g/mol. The summed E-state index contributed by atoms with van der Waals surface area (Å²) in [6.07, 6.45) is 0.